The summed E-state index contributed by atoms with van der Waals surface area (Å²) in [5, 5.41) is 1.89. The zero-order chi connectivity index (χ0) is 12.9. The molecule has 0 saturated carbocycles. The van der Waals surface area contributed by atoms with Crippen molar-refractivity contribution < 1.29 is 0 Å². The molecule has 0 radical (unpaired) electrons. The molecule has 0 atom stereocenters. The largest absolute Gasteiger partial charge is 0.383 e. The first-order valence-electron chi connectivity index (χ1n) is 5.87. The molecule has 0 spiro atoms. The van der Waals surface area contributed by atoms with Gasteiger partial charge in [-0.3, -0.25) is 0 Å². The molecule has 4 heteroatoms. The smallest absolute Gasteiger partial charge is 0.165 e. The Bertz CT molecular complexity index is 778. The van der Waals surface area contributed by atoms with Crippen molar-refractivity contribution in [1.29, 1.82) is 0 Å². The maximum absolute atomic E-state index is 5.92. The van der Waals surface area contributed by atoms with Crippen LogP contribution in [0.3, 0.4) is 0 Å². The molecule has 2 aromatic heterocycles. The molecule has 0 aliphatic heterocycles. The van der Waals surface area contributed by atoms with E-state index < -0.39 is 0 Å². The minimum Gasteiger partial charge on any atom is -0.383 e. The van der Waals surface area contributed by atoms with Gasteiger partial charge in [0.15, 0.2) is 5.65 Å². The fourth-order valence-electron chi connectivity index (χ4n) is 2.16. The highest BCUT2D eigenvalue weighted by Crippen LogP contribution is 2.25. The number of hydrogen-bond acceptors (Lipinski definition) is 4. The monoisotopic (exact) mass is 238 g/mol. The first-order valence-corrected chi connectivity index (χ1v) is 5.87. The third-order valence-electron chi connectivity index (χ3n) is 3.32. The van der Waals surface area contributed by atoms with Crippen LogP contribution in [0.5, 0.6) is 0 Å². The van der Waals surface area contributed by atoms with E-state index in [0.29, 0.717) is 17.3 Å². The summed E-state index contributed by atoms with van der Waals surface area (Å²) in [6.07, 6.45) is 0. The molecular weight excluding hydrogens is 224 g/mol. The van der Waals surface area contributed by atoms with Crippen molar-refractivity contribution in [3.63, 3.8) is 0 Å². The predicted molar refractivity (Wildman–Crippen MR) is 73.5 cm³/mol. The second kappa shape index (κ2) is 3.63. The number of anilines is 1. The summed E-state index contributed by atoms with van der Waals surface area (Å²) in [4.78, 5) is 13.2. The zero-order valence-corrected chi connectivity index (χ0v) is 10.7. The second-order valence-corrected chi connectivity index (χ2v) is 4.59. The lowest BCUT2D eigenvalue weighted by molar-refractivity contribution is 1.08. The Labute approximate surface area is 105 Å². The SMILES string of the molecule is Cc1nc(N)c2cc3ccc(C)c(C)c3nc2n1. The van der Waals surface area contributed by atoms with Gasteiger partial charge in [-0.15, -0.1) is 0 Å². The van der Waals surface area contributed by atoms with Crippen LogP contribution in [0.4, 0.5) is 5.82 Å². The number of hydrogen-bond donors (Lipinski definition) is 1. The highest BCUT2D eigenvalue weighted by Gasteiger charge is 2.08. The normalized spacial score (nSPS) is 11.3. The van der Waals surface area contributed by atoms with E-state index >= 15 is 0 Å². The van der Waals surface area contributed by atoms with Crippen LogP contribution < -0.4 is 5.73 Å². The van der Waals surface area contributed by atoms with Gasteiger partial charge in [0, 0.05) is 5.39 Å². The molecule has 2 heterocycles. The Balaban J connectivity index is 2.51. The van der Waals surface area contributed by atoms with E-state index in [4.69, 9.17) is 5.73 Å². The molecule has 3 aromatic rings. The number of aromatic nitrogens is 3. The van der Waals surface area contributed by atoms with Crippen molar-refractivity contribution in [3.8, 4) is 0 Å². The number of nitrogen functional groups attached to an aromatic ring is 1. The van der Waals surface area contributed by atoms with Crippen molar-refractivity contribution in [1.82, 2.24) is 15.0 Å². The predicted octanol–water partition coefficient (Wildman–Crippen LogP) is 2.69. The Morgan fingerprint density at radius 1 is 1.00 bits per heavy atom. The van der Waals surface area contributed by atoms with Crippen LogP contribution in [0.15, 0.2) is 18.2 Å². The van der Waals surface area contributed by atoms with E-state index in [1.165, 1.54) is 11.1 Å². The average Bonchev–Trinajstić information content (AvgIpc) is 2.33. The van der Waals surface area contributed by atoms with Crippen molar-refractivity contribution in [2.45, 2.75) is 20.8 Å². The van der Waals surface area contributed by atoms with Gasteiger partial charge in [-0.1, -0.05) is 12.1 Å². The van der Waals surface area contributed by atoms with E-state index in [1.54, 1.807) is 0 Å². The van der Waals surface area contributed by atoms with E-state index in [9.17, 15) is 0 Å². The van der Waals surface area contributed by atoms with E-state index in [1.807, 2.05) is 13.0 Å². The molecule has 18 heavy (non-hydrogen) atoms. The topological polar surface area (TPSA) is 64.7 Å². The minimum absolute atomic E-state index is 0.491. The van der Waals surface area contributed by atoms with Crippen LogP contribution in [0, 0.1) is 20.8 Å². The van der Waals surface area contributed by atoms with Gasteiger partial charge >= 0.3 is 0 Å². The Morgan fingerprint density at radius 2 is 1.78 bits per heavy atom. The van der Waals surface area contributed by atoms with Gasteiger partial charge in [0.2, 0.25) is 0 Å². The van der Waals surface area contributed by atoms with Crippen LogP contribution in [-0.2, 0) is 0 Å². The third kappa shape index (κ3) is 1.49. The molecule has 2 N–H and O–H groups in total. The molecule has 90 valence electrons. The van der Waals surface area contributed by atoms with Gasteiger partial charge in [-0.25, -0.2) is 15.0 Å². The number of nitrogens with zero attached hydrogens (tertiary/aromatic N) is 3. The third-order valence-corrected chi connectivity index (χ3v) is 3.32. The molecule has 0 fully saturated rings. The molecular formula is C14H14N4. The molecule has 3 rings (SSSR count). The number of aryl methyl sites for hydroxylation is 3. The van der Waals surface area contributed by atoms with Crippen molar-refractivity contribution in [2.24, 2.45) is 0 Å². The lowest BCUT2D eigenvalue weighted by atomic mass is 10.0. The van der Waals surface area contributed by atoms with Crippen LogP contribution >= 0.6 is 0 Å². The number of pyridine rings is 1. The summed E-state index contributed by atoms with van der Waals surface area (Å²) < 4.78 is 0. The van der Waals surface area contributed by atoms with Crippen LogP contribution in [-0.4, -0.2) is 15.0 Å². The van der Waals surface area contributed by atoms with E-state index in [2.05, 4.69) is 40.9 Å². The zero-order valence-electron chi connectivity index (χ0n) is 10.7. The van der Waals surface area contributed by atoms with Gasteiger partial charge in [-0.05, 0) is 38.0 Å². The average molecular weight is 238 g/mol. The standard InChI is InChI=1S/C14H14N4/c1-7-4-5-10-6-11-13(15)16-9(3)17-14(11)18-12(10)8(7)2/h4-6H,1-3H3,(H2,15,16,17,18). The van der Waals surface area contributed by atoms with Crippen molar-refractivity contribution in [3.05, 3.63) is 35.2 Å². The molecule has 0 aliphatic carbocycles. The Kier molecular flexibility index (Phi) is 2.20. The summed E-state index contributed by atoms with van der Waals surface area (Å²) in [5.74, 6) is 1.14. The summed E-state index contributed by atoms with van der Waals surface area (Å²) in [6, 6.07) is 6.17. The van der Waals surface area contributed by atoms with Crippen LogP contribution in [0.1, 0.15) is 17.0 Å². The number of benzene rings is 1. The maximum atomic E-state index is 5.92. The van der Waals surface area contributed by atoms with Crippen LogP contribution in [0.25, 0.3) is 21.9 Å². The number of nitrogens with two attached hydrogens (primary N) is 1. The maximum Gasteiger partial charge on any atom is 0.165 e. The molecule has 1 aromatic carbocycles. The fraction of sp³-hybridized carbons (Fsp3) is 0.214. The summed E-state index contributed by atoms with van der Waals surface area (Å²) in [6.45, 7) is 5.99. The molecule has 0 saturated heterocycles. The molecule has 0 bridgehead atoms. The Morgan fingerprint density at radius 3 is 2.56 bits per heavy atom. The lowest BCUT2D eigenvalue weighted by Crippen LogP contribution is -1.99. The Hall–Kier alpha value is -2.23. The van der Waals surface area contributed by atoms with Crippen molar-refractivity contribution in [2.75, 3.05) is 5.73 Å². The van der Waals surface area contributed by atoms with E-state index in [-0.39, 0.29) is 0 Å². The minimum atomic E-state index is 0.491. The number of fused-ring (bicyclic) bond motifs is 2. The van der Waals surface area contributed by atoms with Crippen molar-refractivity contribution >= 4 is 27.8 Å². The van der Waals surface area contributed by atoms with E-state index in [0.717, 1.165) is 16.3 Å². The van der Waals surface area contributed by atoms with Gasteiger partial charge in [0.25, 0.3) is 0 Å². The quantitative estimate of drug-likeness (QED) is 0.611. The van der Waals surface area contributed by atoms with Gasteiger partial charge in [0.1, 0.15) is 11.6 Å². The highest BCUT2D eigenvalue weighted by molar-refractivity contribution is 5.97. The summed E-state index contributed by atoms with van der Waals surface area (Å²) in [7, 11) is 0. The number of rotatable bonds is 0. The summed E-state index contributed by atoms with van der Waals surface area (Å²) >= 11 is 0. The molecule has 4 nitrogen and oxygen atoms in total. The van der Waals surface area contributed by atoms with Gasteiger partial charge < -0.3 is 5.73 Å². The fourth-order valence-corrected chi connectivity index (χ4v) is 2.16. The first-order chi connectivity index (χ1) is 8.56. The molecule has 0 amide bonds. The molecule has 0 aliphatic rings. The highest BCUT2D eigenvalue weighted by atomic mass is 15.0. The van der Waals surface area contributed by atoms with Gasteiger partial charge in [-0.2, -0.15) is 0 Å². The first kappa shape index (κ1) is 10.9. The molecule has 0 unspecified atom stereocenters. The second-order valence-electron chi connectivity index (χ2n) is 4.59. The van der Waals surface area contributed by atoms with Gasteiger partial charge in [0.05, 0.1) is 10.9 Å². The lowest BCUT2D eigenvalue weighted by Gasteiger charge is -2.07. The van der Waals surface area contributed by atoms with Crippen LogP contribution in [0.2, 0.25) is 0 Å². The summed E-state index contributed by atoms with van der Waals surface area (Å²) in [5.41, 5.74) is 9.99.